The lowest BCUT2D eigenvalue weighted by Gasteiger charge is -2.60. The molecule has 4 aliphatic carbocycles. The number of fused-ring (bicyclic) bond motifs is 5. The van der Waals surface area contributed by atoms with E-state index in [0.29, 0.717) is 18.4 Å². The summed E-state index contributed by atoms with van der Waals surface area (Å²) in [6.07, 6.45) is 1.62. The largest absolute Gasteiger partial charge is 0.392 e. The SMILES string of the molecule is C[C@@]12CCC[C@H]1[C@@H]1[C@H](C(F)(F)F)CC3=C(Cl)C(=O)CC[C@]3(C)[C@H]1CC2. The molecular weight excluding hydrogens is 349 g/mol. The van der Waals surface area contributed by atoms with Gasteiger partial charge in [0.25, 0.3) is 0 Å². The van der Waals surface area contributed by atoms with Crippen molar-refractivity contribution in [3.05, 3.63) is 10.6 Å². The molecule has 0 N–H and O–H groups in total. The van der Waals surface area contributed by atoms with Crippen LogP contribution >= 0.6 is 11.6 Å². The van der Waals surface area contributed by atoms with Gasteiger partial charge in [0.1, 0.15) is 0 Å². The molecule has 4 aliphatic rings. The van der Waals surface area contributed by atoms with Gasteiger partial charge < -0.3 is 0 Å². The maximum Gasteiger partial charge on any atom is 0.392 e. The van der Waals surface area contributed by atoms with Gasteiger partial charge in [-0.25, -0.2) is 0 Å². The fraction of sp³-hybridized carbons (Fsp3) is 0.850. The fourth-order valence-electron chi connectivity index (χ4n) is 6.96. The van der Waals surface area contributed by atoms with Crippen LogP contribution in [-0.2, 0) is 4.79 Å². The molecule has 140 valence electrons. The van der Waals surface area contributed by atoms with E-state index in [4.69, 9.17) is 11.6 Å². The van der Waals surface area contributed by atoms with Gasteiger partial charge in [-0.15, -0.1) is 0 Å². The van der Waals surface area contributed by atoms with Gasteiger partial charge in [-0.05, 0) is 72.7 Å². The van der Waals surface area contributed by atoms with Crippen LogP contribution in [0.25, 0.3) is 0 Å². The molecule has 0 aromatic carbocycles. The van der Waals surface area contributed by atoms with Gasteiger partial charge >= 0.3 is 6.18 Å². The molecule has 0 heterocycles. The third-order valence-electron chi connectivity index (χ3n) is 8.31. The zero-order chi connectivity index (χ0) is 18.2. The minimum atomic E-state index is -4.23. The highest BCUT2D eigenvalue weighted by molar-refractivity contribution is 6.43. The van der Waals surface area contributed by atoms with Gasteiger partial charge in [-0.3, -0.25) is 4.79 Å². The van der Waals surface area contributed by atoms with Gasteiger partial charge in [-0.2, -0.15) is 13.2 Å². The number of Topliss-reactive ketones (excluding diaryl/α,β-unsaturated/α-hetero) is 1. The van der Waals surface area contributed by atoms with E-state index in [1.807, 2.05) is 0 Å². The lowest BCUT2D eigenvalue weighted by atomic mass is 9.45. The number of allylic oxidation sites excluding steroid dienone is 1. The van der Waals surface area contributed by atoms with E-state index >= 15 is 0 Å². The van der Waals surface area contributed by atoms with Crippen molar-refractivity contribution in [1.82, 2.24) is 0 Å². The Balaban J connectivity index is 1.84. The normalized spacial score (nSPS) is 47.4. The predicted molar refractivity (Wildman–Crippen MR) is 91.1 cm³/mol. The summed E-state index contributed by atoms with van der Waals surface area (Å²) in [4.78, 5) is 12.1. The maximum atomic E-state index is 14.1. The number of hydrogen-bond acceptors (Lipinski definition) is 1. The lowest BCUT2D eigenvalue weighted by Crippen LogP contribution is -2.55. The minimum absolute atomic E-state index is 0.000833. The van der Waals surface area contributed by atoms with Crippen molar-refractivity contribution in [3.8, 4) is 0 Å². The molecule has 3 saturated carbocycles. The van der Waals surface area contributed by atoms with Crippen LogP contribution in [0.5, 0.6) is 0 Å². The smallest absolute Gasteiger partial charge is 0.293 e. The Hall–Kier alpha value is -0.510. The van der Waals surface area contributed by atoms with Gasteiger partial charge in [-0.1, -0.05) is 31.9 Å². The van der Waals surface area contributed by atoms with Crippen LogP contribution in [0.1, 0.15) is 65.2 Å². The zero-order valence-corrected chi connectivity index (χ0v) is 15.6. The third kappa shape index (κ3) is 2.45. The maximum absolute atomic E-state index is 14.1. The summed E-state index contributed by atoms with van der Waals surface area (Å²) in [5, 5.41) is 0.112. The predicted octanol–water partition coefficient (Wildman–Crippen LogP) is 6.26. The van der Waals surface area contributed by atoms with E-state index in [9.17, 15) is 18.0 Å². The average molecular weight is 375 g/mol. The second-order valence-corrected chi connectivity index (χ2v) is 9.74. The first kappa shape index (κ1) is 17.9. The molecule has 0 radical (unpaired) electrons. The van der Waals surface area contributed by atoms with Crippen molar-refractivity contribution >= 4 is 17.4 Å². The molecule has 0 saturated heterocycles. The Morgan fingerprint density at radius 3 is 2.48 bits per heavy atom. The van der Waals surface area contributed by atoms with E-state index in [2.05, 4.69) is 13.8 Å². The van der Waals surface area contributed by atoms with E-state index in [0.717, 1.165) is 32.1 Å². The Morgan fingerprint density at radius 1 is 1.08 bits per heavy atom. The van der Waals surface area contributed by atoms with Crippen molar-refractivity contribution in [2.24, 2.45) is 34.5 Å². The van der Waals surface area contributed by atoms with Crippen LogP contribution in [-0.4, -0.2) is 12.0 Å². The summed E-state index contributed by atoms with van der Waals surface area (Å²) in [5.41, 5.74) is 0.341. The van der Waals surface area contributed by atoms with Gasteiger partial charge in [0, 0.05) is 6.42 Å². The second kappa shape index (κ2) is 5.50. The Kier molecular flexibility index (Phi) is 3.93. The topological polar surface area (TPSA) is 17.1 Å². The summed E-state index contributed by atoms with van der Waals surface area (Å²) in [7, 11) is 0. The monoisotopic (exact) mass is 374 g/mol. The highest BCUT2D eigenvalue weighted by Gasteiger charge is 2.64. The molecule has 1 nitrogen and oxygen atoms in total. The van der Waals surface area contributed by atoms with E-state index in [-0.39, 0.29) is 45.8 Å². The summed E-state index contributed by atoms with van der Waals surface area (Å²) in [6.45, 7) is 4.29. The molecule has 0 spiro atoms. The standard InChI is InChI=1S/C20H26ClF3O/c1-18-7-3-4-11(18)16-12(5-8-18)19(2)9-6-15(25)17(21)14(19)10-13(16)20(22,23)24/h11-13,16H,3-10H2,1-2H3/t11-,12-,13+,16-,18-,19+/m0/s1. The Bertz CT molecular complexity index is 639. The molecule has 0 unspecified atom stereocenters. The van der Waals surface area contributed by atoms with Crippen molar-refractivity contribution < 1.29 is 18.0 Å². The van der Waals surface area contributed by atoms with E-state index in [1.165, 1.54) is 0 Å². The molecule has 0 aromatic rings. The second-order valence-electron chi connectivity index (χ2n) is 9.36. The molecule has 6 atom stereocenters. The van der Waals surface area contributed by atoms with Crippen molar-refractivity contribution in [2.75, 3.05) is 0 Å². The van der Waals surface area contributed by atoms with Crippen LogP contribution < -0.4 is 0 Å². The summed E-state index contributed by atoms with van der Waals surface area (Å²) in [6, 6.07) is 0. The van der Waals surface area contributed by atoms with Gasteiger partial charge in [0.2, 0.25) is 0 Å². The van der Waals surface area contributed by atoms with Crippen molar-refractivity contribution in [1.29, 1.82) is 0 Å². The first-order chi connectivity index (χ1) is 11.6. The van der Waals surface area contributed by atoms with Crippen LogP contribution in [0.3, 0.4) is 0 Å². The molecule has 3 fully saturated rings. The molecule has 0 aromatic heterocycles. The number of ketones is 1. The van der Waals surface area contributed by atoms with Gasteiger partial charge in [0.05, 0.1) is 11.0 Å². The third-order valence-corrected chi connectivity index (χ3v) is 8.75. The molecule has 0 aliphatic heterocycles. The van der Waals surface area contributed by atoms with Crippen LogP contribution in [0.4, 0.5) is 13.2 Å². The zero-order valence-electron chi connectivity index (χ0n) is 14.9. The van der Waals surface area contributed by atoms with Crippen molar-refractivity contribution in [2.45, 2.75) is 71.4 Å². The Labute approximate surface area is 152 Å². The van der Waals surface area contributed by atoms with Crippen LogP contribution in [0.2, 0.25) is 0 Å². The van der Waals surface area contributed by atoms with Crippen LogP contribution in [0, 0.1) is 34.5 Å². The number of carbonyl (C=O) groups excluding carboxylic acids is 1. The lowest BCUT2D eigenvalue weighted by molar-refractivity contribution is -0.225. The molecular formula is C20H26ClF3O. The van der Waals surface area contributed by atoms with Crippen molar-refractivity contribution in [3.63, 3.8) is 0 Å². The minimum Gasteiger partial charge on any atom is -0.293 e. The fourth-order valence-corrected chi connectivity index (χ4v) is 7.35. The summed E-state index contributed by atoms with van der Waals surface area (Å²) in [5.74, 6) is -1.67. The Morgan fingerprint density at radius 2 is 1.80 bits per heavy atom. The molecule has 0 bridgehead atoms. The molecule has 25 heavy (non-hydrogen) atoms. The number of halogens is 4. The molecule has 4 rings (SSSR count). The summed E-state index contributed by atoms with van der Waals surface area (Å²) >= 11 is 6.28. The number of hydrogen-bond donors (Lipinski definition) is 0. The van der Waals surface area contributed by atoms with E-state index < -0.39 is 12.1 Å². The quantitative estimate of drug-likeness (QED) is 0.488. The first-order valence-corrected chi connectivity index (χ1v) is 9.95. The summed E-state index contributed by atoms with van der Waals surface area (Å²) < 4.78 is 42.2. The number of carbonyl (C=O) groups is 1. The number of rotatable bonds is 0. The first-order valence-electron chi connectivity index (χ1n) is 9.57. The molecule has 5 heteroatoms. The van der Waals surface area contributed by atoms with E-state index in [1.54, 1.807) is 0 Å². The average Bonchev–Trinajstić information content (AvgIpc) is 2.92. The highest BCUT2D eigenvalue weighted by Crippen LogP contribution is 2.68. The van der Waals surface area contributed by atoms with Gasteiger partial charge in [0.15, 0.2) is 5.78 Å². The molecule has 0 amide bonds. The highest BCUT2D eigenvalue weighted by atomic mass is 35.5. The number of alkyl halides is 3. The van der Waals surface area contributed by atoms with Crippen LogP contribution in [0.15, 0.2) is 10.6 Å².